The fourth-order valence-electron chi connectivity index (χ4n) is 5.83. The predicted molar refractivity (Wildman–Crippen MR) is 139 cm³/mol. The van der Waals surface area contributed by atoms with Crippen molar-refractivity contribution in [2.45, 2.75) is 50.2 Å². The molecule has 0 aromatic heterocycles. The van der Waals surface area contributed by atoms with Crippen molar-refractivity contribution < 1.29 is 14.0 Å². The summed E-state index contributed by atoms with van der Waals surface area (Å²) in [5, 5.41) is 15.7. The van der Waals surface area contributed by atoms with Gasteiger partial charge < -0.3 is 20.4 Å². The number of nitrogens with one attached hydrogen (secondary N) is 2. The third-order valence-electron chi connectivity index (χ3n) is 8.10. The molecule has 0 radical (unpaired) electrons. The van der Waals surface area contributed by atoms with E-state index in [0.717, 1.165) is 37.9 Å². The minimum absolute atomic E-state index is 0.00253. The molecule has 2 saturated heterocycles. The van der Waals surface area contributed by atoms with E-state index in [-0.39, 0.29) is 23.7 Å². The summed E-state index contributed by atoms with van der Waals surface area (Å²) < 4.78 is 15.0. The van der Waals surface area contributed by atoms with Gasteiger partial charge in [-0.2, -0.15) is 5.26 Å². The quantitative estimate of drug-likeness (QED) is 0.607. The molecule has 194 valence electrons. The lowest BCUT2D eigenvalue weighted by molar-refractivity contribution is -0.124. The first-order valence-electron chi connectivity index (χ1n) is 13.2. The number of carbonyl (C=O) groups excluding carboxylic acids is 2. The van der Waals surface area contributed by atoms with Gasteiger partial charge in [0.15, 0.2) is 0 Å². The van der Waals surface area contributed by atoms with Crippen LogP contribution in [0.4, 0.5) is 4.39 Å². The first-order chi connectivity index (χ1) is 17.9. The molecule has 2 aromatic rings. The molecule has 3 aliphatic rings. The van der Waals surface area contributed by atoms with Crippen molar-refractivity contribution in [1.29, 1.82) is 5.26 Å². The molecule has 4 unspecified atom stereocenters. The lowest BCUT2D eigenvalue weighted by Crippen LogP contribution is -2.50. The van der Waals surface area contributed by atoms with Crippen molar-refractivity contribution in [2.75, 3.05) is 33.2 Å². The number of benzene rings is 2. The van der Waals surface area contributed by atoms with Crippen LogP contribution < -0.4 is 10.6 Å². The molecule has 2 N–H and O–H groups in total. The van der Waals surface area contributed by atoms with Crippen LogP contribution in [0.25, 0.3) is 11.1 Å². The number of fused-ring (bicyclic) bond motifs is 2. The molecule has 2 amide bonds. The smallest absolute Gasteiger partial charge is 0.253 e. The summed E-state index contributed by atoms with van der Waals surface area (Å²) in [6.07, 6.45) is 3.88. The Kier molecular flexibility index (Phi) is 7.54. The summed E-state index contributed by atoms with van der Waals surface area (Å²) in [5.74, 6) is -0.131. The Morgan fingerprint density at radius 3 is 2.59 bits per heavy atom. The zero-order valence-electron chi connectivity index (χ0n) is 21.3. The van der Waals surface area contributed by atoms with E-state index in [4.69, 9.17) is 0 Å². The van der Waals surface area contributed by atoms with Gasteiger partial charge in [0.05, 0.1) is 12.1 Å². The van der Waals surface area contributed by atoms with Gasteiger partial charge in [0.1, 0.15) is 11.9 Å². The van der Waals surface area contributed by atoms with Crippen molar-refractivity contribution in [3.63, 3.8) is 0 Å². The molecule has 2 aromatic carbocycles. The number of amides is 2. The number of nitrogens with zero attached hydrogens (tertiary/aromatic N) is 3. The Morgan fingerprint density at radius 2 is 1.92 bits per heavy atom. The molecule has 4 atom stereocenters. The zero-order chi connectivity index (χ0) is 25.9. The molecule has 0 spiro atoms. The second-order valence-electron chi connectivity index (χ2n) is 10.6. The van der Waals surface area contributed by atoms with Crippen LogP contribution in [0, 0.1) is 23.1 Å². The van der Waals surface area contributed by atoms with Crippen LogP contribution in [-0.2, 0) is 11.2 Å². The maximum atomic E-state index is 15.0. The van der Waals surface area contributed by atoms with E-state index in [1.54, 1.807) is 12.1 Å². The highest BCUT2D eigenvalue weighted by molar-refractivity contribution is 5.95. The molecule has 2 heterocycles. The topological polar surface area (TPSA) is 88.5 Å². The average molecular weight is 504 g/mol. The second kappa shape index (κ2) is 11.0. The van der Waals surface area contributed by atoms with E-state index in [0.29, 0.717) is 54.6 Å². The summed E-state index contributed by atoms with van der Waals surface area (Å²) in [5.41, 5.74) is 2.58. The molecule has 2 aliphatic heterocycles. The van der Waals surface area contributed by atoms with E-state index < -0.39 is 6.04 Å². The summed E-state index contributed by atoms with van der Waals surface area (Å²) in [6, 6.07) is 14.1. The van der Waals surface area contributed by atoms with Gasteiger partial charge in [0.2, 0.25) is 5.91 Å². The third-order valence-corrected chi connectivity index (χ3v) is 8.10. The Morgan fingerprint density at radius 1 is 1.14 bits per heavy atom. The predicted octanol–water partition coefficient (Wildman–Crippen LogP) is 2.96. The molecular weight excluding hydrogens is 469 g/mol. The Bertz CT molecular complexity index is 1200. The summed E-state index contributed by atoms with van der Waals surface area (Å²) >= 11 is 0. The van der Waals surface area contributed by atoms with Crippen molar-refractivity contribution in [1.82, 2.24) is 20.4 Å². The SMILES string of the molecule is CN1CCN(C(=O)c2cccc(-c3ccc(CCC(C#N)NC(=O)C4NC5CCC4C5)c(F)c3)c2)CC1. The molecule has 1 saturated carbocycles. The van der Waals surface area contributed by atoms with Gasteiger partial charge in [-0.3, -0.25) is 9.59 Å². The first kappa shape index (κ1) is 25.4. The van der Waals surface area contributed by atoms with Gasteiger partial charge in [-0.1, -0.05) is 24.3 Å². The maximum absolute atomic E-state index is 15.0. The number of carbonyl (C=O) groups is 2. The van der Waals surface area contributed by atoms with Gasteiger partial charge in [-0.25, -0.2) is 4.39 Å². The van der Waals surface area contributed by atoms with Gasteiger partial charge in [0, 0.05) is 37.8 Å². The van der Waals surface area contributed by atoms with Gasteiger partial charge in [-0.15, -0.1) is 0 Å². The van der Waals surface area contributed by atoms with Crippen LogP contribution in [0.5, 0.6) is 0 Å². The van der Waals surface area contributed by atoms with E-state index in [1.165, 1.54) is 6.07 Å². The summed E-state index contributed by atoms with van der Waals surface area (Å²) in [7, 11) is 2.05. The summed E-state index contributed by atoms with van der Waals surface area (Å²) in [4.78, 5) is 29.7. The molecular formula is C29H34FN5O2. The van der Waals surface area contributed by atoms with E-state index in [9.17, 15) is 14.9 Å². The van der Waals surface area contributed by atoms with E-state index >= 15 is 4.39 Å². The normalized spacial score (nSPS) is 24.0. The van der Waals surface area contributed by atoms with Crippen LogP contribution in [0.2, 0.25) is 0 Å². The van der Waals surface area contributed by atoms with Gasteiger partial charge >= 0.3 is 0 Å². The van der Waals surface area contributed by atoms with Gasteiger partial charge in [-0.05, 0) is 80.0 Å². The van der Waals surface area contributed by atoms with Crippen molar-refractivity contribution in [3.8, 4) is 17.2 Å². The fourth-order valence-corrected chi connectivity index (χ4v) is 5.83. The maximum Gasteiger partial charge on any atom is 0.253 e. The minimum Gasteiger partial charge on any atom is -0.339 e. The average Bonchev–Trinajstić information content (AvgIpc) is 3.56. The molecule has 1 aliphatic carbocycles. The van der Waals surface area contributed by atoms with E-state index in [1.807, 2.05) is 36.2 Å². The number of rotatable bonds is 7. The fraction of sp³-hybridized carbons (Fsp3) is 0.483. The molecule has 3 fully saturated rings. The van der Waals surface area contributed by atoms with Crippen molar-refractivity contribution in [3.05, 3.63) is 59.4 Å². The van der Waals surface area contributed by atoms with Crippen molar-refractivity contribution in [2.24, 2.45) is 5.92 Å². The lowest BCUT2D eigenvalue weighted by atomic mass is 9.97. The zero-order valence-corrected chi connectivity index (χ0v) is 21.3. The number of hydrogen-bond donors (Lipinski definition) is 2. The number of halogens is 1. The monoisotopic (exact) mass is 503 g/mol. The minimum atomic E-state index is -0.662. The molecule has 2 bridgehead atoms. The Hall–Kier alpha value is -3.28. The Balaban J connectivity index is 1.20. The van der Waals surface area contributed by atoms with Crippen LogP contribution in [-0.4, -0.2) is 73.0 Å². The highest BCUT2D eigenvalue weighted by Gasteiger charge is 2.43. The number of piperazine rings is 1. The number of piperidine rings is 1. The van der Waals surface area contributed by atoms with Crippen LogP contribution in [0.1, 0.15) is 41.6 Å². The van der Waals surface area contributed by atoms with Gasteiger partial charge in [0.25, 0.3) is 5.91 Å². The second-order valence-corrected chi connectivity index (χ2v) is 10.6. The van der Waals surface area contributed by atoms with Crippen LogP contribution >= 0.6 is 0 Å². The number of hydrogen-bond acceptors (Lipinski definition) is 5. The third kappa shape index (κ3) is 5.68. The van der Waals surface area contributed by atoms with Crippen LogP contribution in [0.3, 0.4) is 0 Å². The number of aryl methyl sites for hydroxylation is 1. The molecule has 8 heteroatoms. The number of likely N-dealkylation sites (N-methyl/N-ethyl adjacent to an activating group) is 1. The first-order valence-corrected chi connectivity index (χ1v) is 13.2. The molecule has 37 heavy (non-hydrogen) atoms. The molecule has 5 rings (SSSR count). The summed E-state index contributed by atoms with van der Waals surface area (Å²) in [6.45, 7) is 3.11. The Labute approximate surface area is 217 Å². The largest absolute Gasteiger partial charge is 0.339 e. The molecule has 7 nitrogen and oxygen atoms in total. The standard InChI is InChI=1S/C29H34FN5O2/c1-34-11-13-35(14-12-34)29(37)23-4-2-3-20(15-23)21-6-5-19(26(30)17-21)7-10-25(18-31)33-28(36)27-22-8-9-24(16-22)32-27/h2-6,15,17,22,24-25,27,32H,7-14,16H2,1H3,(H,33,36). The van der Waals surface area contributed by atoms with Crippen molar-refractivity contribution >= 4 is 11.8 Å². The van der Waals surface area contributed by atoms with E-state index in [2.05, 4.69) is 21.6 Å². The van der Waals surface area contributed by atoms with Crippen LogP contribution in [0.15, 0.2) is 42.5 Å². The lowest BCUT2D eigenvalue weighted by Gasteiger charge is -2.32. The number of nitriles is 1. The highest BCUT2D eigenvalue weighted by atomic mass is 19.1. The highest BCUT2D eigenvalue weighted by Crippen LogP contribution is 2.35.